The van der Waals surface area contributed by atoms with Crippen LogP contribution >= 0.6 is 46.4 Å². The predicted octanol–water partition coefficient (Wildman–Crippen LogP) is 7.66. The van der Waals surface area contributed by atoms with Crippen molar-refractivity contribution < 1.29 is 4.79 Å². The van der Waals surface area contributed by atoms with Gasteiger partial charge in [0.05, 0.1) is 10.0 Å². The Morgan fingerprint density at radius 3 is 1.43 bits per heavy atom. The van der Waals surface area contributed by atoms with Crippen molar-refractivity contribution >= 4 is 52.2 Å². The highest BCUT2D eigenvalue weighted by molar-refractivity contribution is 6.36. The lowest BCUT2D eigenvalue weighted by molar-refractivity contribution is 0.104. The topological polar surface area (TPSA) is 42.9 Å². The molecule has 2 aromatic carbocycles. The molecule has 0 fully saturated rings. The fourth-order valence-electron chi connectivity index (χ4n) is 3.22. The van der Waals surface area contributed by atoms with Crippen molar-refractivity contribution in [2.75, 3.05) is 0 Å². The van der Waals surface area contributed by atoms with Crippen molar-refractivity contribution in [1.82, 2.24) is 9.97 Å². The van der Waals surface area contributed by atoms with E-state index in [1.54, 1.807) is 36.4 Å². The zero-order chi connectivity index (χ0) is 21.3. The van der Waals surface area contributed by atoms with E-state index in [4.69, 9.17) is 46.4 Å². The molecule has 0 aliphatic rings. The first-order valence-corrected chi connectivity index (χ1v) is 10.3. The number of benzene rings is 2. The molecular weight excluding hydrogens is 462 g/mol. The number of rotatable bonds is 4. The molecule has 0 spiro atoms. The van der Waals surface area contributed by atoms with Crippen molar-refractivity contribution in [3.63, 3.8) is 0 Å². The maximum atomic E-state index is 13.6. The van der Waals surface area contributed by atoms with Gasteiger partial charge in [-0.15, -0.1) is 0 Å². The maximum Gasteiger partial charge on any atom is 0.194 e. The Morgan fingerprint density at radius 2 is 1.00 bits per heavy atom. The molecule has 0 aliphatic carbocycles. The highest BCUT2D eigenvalue weighted by Crippen LogP contribution is 2.36. The highest BCUT2D eigenvalue weighted by atomic mass is 35.5. The van der Waals surface area contributed by atoms with Crippen LogP contribution < -0.4 is 0 Å². The summed E-state index contributed by atoms with van der Waals surface area (Å²) in [6, 6.07) is 17.7. The first kappa shape index (κ1) is 20.8. The van der Waals surface area contributed by atoms with Crippen LogP contribution in [0.2, 0.25) is 20.4 Å². The SMILES string of the molecule is O=C(c1ccccc1-c1cc(Cl)ncc1Cl)c1ccccc1-c1cc(Cl)ncc1Cl. The summed E-state index contributed by atoms with van der Waals surface area (Å²) in [7, 11) is 0. The monoisotopic (exact) mass is 472 g/mol. The first-order valence-electron chi connectivity index (χ1n) is 8.81. The lowest BCUT2D eigenvalue weighted by Gasteiger charge is -2.14. The standard InChI is InChI=1S/C23H12Cl4N2O/c24-19-11-28-21(26)9-17(19)13-5-1-3-7-15(13)23(30)16-8-4-2-6-14(16)18-10-22(27)29-12-20(18)25/h1-12H. The number of hydrogen-bond donors (Lipinski definition) is 0. The third-order valence-electron chi connectivity index (χ3n) is 4.57. The number of ketones is 1. The third kappa shape index (κ3) is 4.07. The number of hydrogen-bond acceptors (Lipinski definition) is 3. The second kappa shape index (κ2) is 8.75. The largest absolute Gasteiger partial charge is 0.289 e. The van der Waals surface area contributed by atoms with Gasteiger partial charge in [0.2, 0.25) is 0 Å². The van der Waals surface area contributed by atoms with Gasteiger partial charge in [0.15, 0.2) is 5.78 Å². The minimum absolute atomic E-state index is 0.186. The van der Waals surface area contributed by atoms with Crippen LogP contribution in [0.4, 0.5) is 0 Å². The van der Waals surface area contributed by atoms with Crippen LogP contribution in [0.5, 0.6) is 0 Å². The summed E-state index contributed by atoms with van der Waals surface area (Å²) in [5.74, 6) is -0.186. The molecule has 0 atom stereocenters. The second-order valence-corrected chi connectivity index (χ2v) is 7.98. The van der Waals surface area contributed by atoms with Crippen molar-refractivity contribution in [2.24, 2.45) is 0 Å². The van der Waals surface area contributed by atoms with Crippen LogP contribution in [0.1, 0.15) is 15.9 Å². The molecule has 0 saturated carbocycles. The molecular formula is C23H12Cl4N2O. The smallest absolute Gasteiger partial charge is 0.194 e. The zero-order valence-electron chi connectivity index (χ0n) is 15.2. The van der Waals surface area contributed by atoms with Gasteiger partial charge in [-0.3, -0.25) is 4.79 Å². The fraction of sp³-hybridized carbons (Fsp3) is 0. The average molecular weight is 474 g/mol. The minimum Gasteiger partial charge on any atom is -0.289 e. The van der Waals surface area contributed by atoms with E-state index in [9.17, 15) is 4.79 Å². The van der Waals surface area contributed by atoms with Gasteiger partial charge in [-0.2, -0.15) is 0 Å². The Balaban J connectivity index is 1.89. The van der Waals surface area contributed by atoms with Gasteiger partial charge in [-0.05, 0) is 23.3 Å². The molecule has 30 heavy (non-hydrogen) atoms. The summed E-state index contributed by atoms with van der Waals surface area (Å²) in [5.41, 5.74) is 3.53. The number of carbonyl (C=O) groups excluding carboxylic acids is 1. The molecule has 0 N–H and O–H groups in total. The highest BCUT2D eigenvalue weighted by Gasteiger charge is 2.20. The van der Waals surface area contributed by atoms with Crippen molar-refractivity contribution in [2.45, 2.75) is 0 Å². The summed E-state index contributed by atoms with van der Waals surface area (Å²) in [5, 5.41) is 1.37. The normalized spacial score (nSPS) is 10.8. The molecule has 0 aliphatic heterocycles. The summed E-state index contributed by atoms with van der Waals surface area (Å²) < 4.78 is 0. The van der Waals surface area contributed by atoms with Gasteiger partial charge in [0.25, 0.3) is 0 Å². The molecule has 0 radical (unpaired) electrons. The molecule has 0 bridgehead atoms. The van der Waals surface area contributed by atoms with E-state index < -0.39 is 0 Å². The molecule has 148 valence electrons. The minimum atomic E-state index is -0.186. The van der Waals surface area contributed by atoms with Crippen molar-refractivity contribution in [3.8, 4) is 22.3 Å². The van der Waals surface area contributed by atoms with Crippen LogP contribution in [0.25, 0.3) is 22.3 Å². The number of carbonyl (C=O) groups is 1. The first-order chi connectivity index (χ1) is 14.5. The van der Waals surface area contributed by atoms with Gasteiger partial charge < -0.3 is 0 Å². The van der Waals surface area contributed by atoms with E-state index in [1.807, 2.05) is 24.3 Å². The van der Waals surface area contributed by atoms with E-state index in [1.165, 1.54) is 12.4 Å². The lowest BCUT2D eigenvalue weighted by Crippen LogP contribution is -2.06. The molecule has 0 saturated heterocycles. The van der Waals surface area contributed by atoms with E-state index in [2.05, 4.69) is 9.97 Å². The number of pyridine rings is 2. The van der Waals surface area contributed by atoms with E-state index in [0.717, 1.165) is 0 Å². The van der Waals surface area contributed by atoms with Crippen LogP contribution in [0.3, 0.4) is 0 Å². The van der Waals surface area contributed by atoms with Gasteiger partial charge in [-0.25, -0.2) is 9.97 Å². The molecule has 7 heteroatoms. The second-order valence-electron chi connectivity index (χ2n) is 6.39. The van der Waals surface area contributed by atoms with Crippen LogP contribution in [0, 0.1) is 0 Å². The Morgan fingerprint density at radius 1 is 0.600 bits per heavy atom. The van der Waals surface area contributed by atoms with Crippen LogP contribution in [0.15, 0.2) is 73.1 Å². The fourth-order valence-corrected chi connectivity index (χ4v) is 3.94. The molecule has 2 aromatic heterocycles. The molecule has 3 nitrogen and oxygen atoms in total. The molecule has 4 rings (SSSR count). The zero-order valence-corrected chi connectivity index (χ0v) is 18.3. The van der Waals surface area contributed by atoms with Crippen LogP contribution in [-0.4, -0.2) is 15.8 Å². The Kier molecular flexibility index (Phi) is 6.07. The summed E-state index contributed by atoms with van der Waals surface area (Å²) >= 11 is 24.8. The van der Waals surface area contributed by atoms with Crippen molar-refractivity contribution in [3.05, 3.63) is 105 Å². The lowest BCUT2D eigenvalue weighted by atomic mass is 9.90. The Labute approximate surface area is 193 Å². The molecule has 2 heterocycles. The van der Waals surface area contributed by atoms with Crippen molar-refractivity contribution in [1.29, 1.82) is 0 Å². The summed E-state index contributed by atoms with van der Waals surface area (Å²) in [6.45, 7) is 0. The Bertz CT molecular complexity index is 1180. The van der Waals surface area contributed by atoms with E-state index in [0.29, 0.717) is 43.4 Å². The van der Waals surface area contributed by atoms with Gasteiger partial charge in [0, 0.05) is 34.6 Å². The van der Waals surface area contributed by atoms with E-state index >= 15 is 0 Å². The summed E-state index contributed by atoms with van der Waals surface area (Å²) in [6.07, 6.45) is 2.93. The van der Waals surface area contributed by atoms with Gasteiger partial charge in [0.1, 0.15) is 10.3 Å². The van der Waals surface area contributed by atoms with Gasteiger partial charge in [-0.1, -0.05) is 94.9 Å². The number of aromatic nitrogens is 2. The Hall–Kier alpha value is -2.43. The predicted molar refractivity (Wildman–Crippen MR) is 123 cm³/mol. The maximum absolute atomic E-state index is 13.6. The average Bonchev–Trinajstić information content (AvgIpc) is 2.76. The van der Waals surface area contributed by atoms with E-state index in [-0.39, 0.29) is 16.1 Å². The molecule has 0 amide bonds. The third-order valence-corrected chi connectivity index (χ3v) is 5.58. The summed E-state index contributed by atoms with van der Waals surface area (Å²) in [4.78, 5) is 21.6. The van der Waals surface area contributed by atoms with Crippen LogP contribution in [-0.2, 0) is 0 Å². The van der Waals surface area contributed by atoms with Gasteiger partial charge >= 0.3 is 0 Å². The molecule has 4 aromatic rings. The quantitative estimate of drug-likeness (QED) is 0.225. The molecule has 0 unspecified atom stereocenters. The number of nitrogens with zero attached hydrogens (tertiary/aromatic N) is 2. The number of halogens is 4.